The Labute approximate surface area is 169 Å². The van der Waals surface area contributed by atoms with Crippen molar-refractivity contribution in [1.29, 1.82) is 0 Å². The van der Waals surface area contributed by atoms with Gasteiger partial charge in [-0.2, -0.15) is 18.3 Å². The van der Waals surface area contributed by atoms with Gasteiger partial charge in [-0.15, -0.1) is 19.0 Å². The Bertz CT molecular complexity index is 1150. The van der Waals surface area contributed by atoms with Crippen LogP contribution in [0.5, 0.6) is 17.4 Å². The van der Waals surface area contributed by atoms with Crippen LogP contribution in [0.2, 0.25) is 0 Å². The van der Waals surface area contributed by atoms with E-state index in [1.807, 2.05) is 0 Å². The Hall–Kier alpha value is -3.97. The molecule has 0 spiro atoms. The molecule has 1 aliphatic heterocycles. The number of hydrogen-bond donors (Lipinski definition) is 1. The standard InChI is InChI=1S/C17H10F5N5O4/c1-29-13-5-4-12(25-26-13)27-14(16(18,19)20)9(7-23-27)15(28)24-8-2-3-10-11(6-8)31-17(21,22)30-10/h2-7H,1H3,(H,24,28). The number of amides is 1. The maximum Gasteiger partial charge on any atom is 0.586 e. The zero-order valence-electron chi connectivity index (χ0n) is 15.3. The maximum atomic E-state index is 13.7. The van der Waals surface area contributed by atoms with Crippen LogP contribution in [-0.4, -0.2) is 39.3 Å². The molecule has 0 saturated carbocycles. The van der Waals surface area contributed by atoms with Crippen molar-refractivity contribution >= 4 is 11.6 Å². The molecule has 1 aliphatic rings. The Morgan fingerprint density at radius 1 is 1.13 bits per heavy atom. The number of nitrogens with one attached hydrogen (secondary N) is 1. The van der Waals surface area contributed by atoms with Gasteiger partial charge in [-0.3, -0.25) is 4.79 Å². The highest BCUT2D eigenvalue weighted by Crippen LogP contribution is 2.42. The number of fused-ring (bicyclic) bond motifs is 1. The molecular formula is C17H10F5N5O4. The minimum absolute atomic E-state index is 0.0656. The molecule has 3 aromatic rings. The van der Waals surface area contributed by atoms with E-state index in [9.17, 15) is 26.7 Å². The first-order valence-electron chi connectivity index (χ1n) is 8.32. The minimum Gasteiger partial charge on any atom is -0.480 e. The molecule has 31 heavy (non-hydrogen) atoms. The van der Waals surface area contributed by atoms with Gasteiger partial charge in [0.25, 0.3) is 5.91 Å². The molecule has 1 aromatic carbocycles. The zero-order valence-corrected chi connectivity index (χ0v) is 15.3. The van der Waals surface area contributed by atoms with Gasteiger partial charge in [0.15, 0.2) is 23.0 Å². The zero-order chi connectivity index (χ0) is 22.4. The van der Waals surface area contributed by atoms with Crippen LogP contribution in [0.3, 0.4) is 0 Å². The summed E-state index contributed by atoms with van der Waals surface area (Å²) in [5.74, 6) is -2.10. The number of anilines is 1. The topological polar surface area (TPSA) is 100 Å². The average molecular weight is 443 g/mol. The monoisotopic (exact) mass is 443 g/mol. The summed E-state index contributed by atoms with van der Waals surface area (Å²) in [5.41, 5.74) is -2.33. The van der Waals surface area contributed by atoms with Crippen molar-refractivity contribution in [2.45, 2.75) is 12.5 Å². The number of halogens is 5. The van der Waals surface area contributed by atoms with E-state index >= 15 is 0 Å². The fraction of sp³-hybridized carbons (Fsp3) is 0.176. The second-order valence-electron chi connectivity index (χ2n) is 6.03. The summed E-state index contributed by atoms with van der Waals surface area (Å²) in [6.07, 6.45) is -8.16. The fourth-order valence-corrected chi connectivity index (χ4v) is 2.72. The van der Waals surface area contributed by atoms with Crippen molar-refractivity contribution in [1.82, 2.24) is 20.0 Å². The number of methoxy groups -OCH3 is 1. The molecule has 9 nitrogen and oxygen atoms in total. The van der Waals surface area contributed by atoms with E-state index in [2.05, 4.69) is 30.1 Å². The third-order valence-corrected chi connectivity index (χ3v) is 3.99. The second kappa shape index (κ2) is 7.07. The molecule has 14 heteroatoms. The quantitative estimate of drug-likeness (QED) is 0.618. The minimum atomic E-state index is -4.98. The van der Waals surface area contributed by atoms with Gasteiger partial charge in [0, 0.05) is 17.8 Å². The largest absolute Gasteiger partial charge is 0.586 e. The van der Waals surface area contributed by atoms with Crippen LogP contribution in [0, 0.1) is 0 Å². The molecule has 4 rings (SSSR count). The fourth-order valence-electron chi connectivity index (χ4n) is 2.72. The predicted octanol–water partition coefficient (Wildman–Crippen LogP) is 3.26. The normalized spacial score (nSPS) is 14.4. The Morgan fingerprint density at radius 2 is 1.87 bits per heavy atom. The number of nitrogens with zero attached hydrogens (tertiary/aromatic N) is 4. The lowest BCUT2D eigenvalue weighted by atomic mass is 10.2. The first-order valence-corrected chi connectivity index (χ1v) is 8.32. The Balaban J connectivity index is 1.65. The maximum absolute atomic E-state index is 13.7. The smallest absolute Gasteiger partial charge is 0.480 e. The molecule has 0 saturated heterocycles. The SMILES string of the molecule is COc1ccc(-n2ncc(C(=O)Nc3ccc4c(c3)OC(F)(F)O4)c2C(F)(F)F)nn1. The van der Waals surface area contributed by atoms with Crippen molar-refractivity contribution in [2.75, 3.05) is 12.4 Å². The van der Waals surface area contributed by atoms with E-state index in [-0.39, 0.29) is 28.9 Å². The summed E-state index contributed by atoms with van der Waals surface area (Å²) >= 11 is 0. The molecule has 0 aliphatic carbocycles. The van der Waals surface area contributed by atoms with Gasteiger partial charge >= 0.3 is 12.5 Å². The number of carbonyl (C=O) groups is 1. The van der Waals surface area contributed by atoms with Gasteiger partial charge in [0.05, 0.1) is 18.9 Å². The van der Waals surface area contributed by atoms with Crippen LogP contribution in [0.15, 0.2) is 36.5 Å². The van der Waals surface area contributed by atoms with Crippen LogP contribution < -0.4 is 19.5 Å². The summed E-state index contributed by atoms with van der Waals surface area (Å²) in [6.45, 7) is 0. The van der Waals surface area contributed by atoms with Gasteiger partial charge in [0.1, 0.15) is 0 Å². The number of ether oxygens (including phenoxy) is 3. The van der Waals surface area contributed by atoms with E-state index in [1.165, 1.54) is 19.2 Å². The molecule has 0 radical (unpaired) electrons. The number of carbonyl (C=O) groups excluding carboxylic acids is 1. The van der Waals surface area contributed by atoms with Gasteiger partial charge < -0.3 is 19.5 Å². The molecule has 0 bridgehead atoms. The van der Waals surface area contributed by atoms with Crippen LogP contribution in [-0.2, 0) is 6.18 Å². The lowest BCUT2D eigenvalue weighted by molar-refractivity contribution is -0.286. The van der Waals surface area contributed by atoms with E-state index in [1.54, 1.807) is 0 Å². The molecule has 162 valence electrons. The van der Waals surface area contributed by atoms with E-state index in [0.717, 1.165) is 18.2 Å². The van der Waals surface area contributed by atoms with Crippen molar-refractivity contribution in [3.8, 4) is 23.2 Å². The van der Waals surface area contributed by atoms with Crippen LogP contribution >= 0.6 is 0 Å². The molecule has 1 N–H and O–H groups in total. The lowest BCUT2D eigenvalue weighted by Gasteiger charge is -2.12. The molecular weight excluding hydrogens is 433 g/mol. The summed E-state index contributed by atoms with van der Waals surface area (Å²) in [4.78, 5) is 12.5. The van der Waals surface area contributed by atoms with E-state index in [4.69, 9.17) is 4.74 Å². The van der Waals surface area contributed by atoms with Crippen LogP contribution in [0.25, 0.3) is 5.82 Å². The highest BCUT2D eigenvalue weighted by atomic mass is 19.4. The van der Waals surface area contributed by atoms with E-state index in [0.29, 0.717) is 10.9 Å². The summed E-state index contributed by atoms with van der Waals surface area (Å²) < 4.78 is 81.0. The second-order valence-corrected chi connectivity index (χ2v) is 6.03. The Kier molecular flexibility index (Phi) is 4.63. The number of rotatable bonds is 4. The van der Waals surface area contributed by atoms with Gasteiger partial charge in [0.2, 0.25) is 5.88 Å². The number of aromatic nitrogens is 4. The van der Waals surface area contributed by atoms with Crippen molar-refractivity contribution in [3.05, 3.63) is 47.8 Å². The van der Waals surface area contributed by atoms with Crippen molar-refractivity contribution in [3.63, 3.8) is 0 Å². The first kappa shape index (κ1) is 20.3. The van der Waals surface area contributed by atoms with Gasteiger partial charge in [-0.1, -0.05) is 0 Å². The number of benzene rings is 1. The highest BCUT2D eigenvalue weighted by molar-refractivity contribution is 6.05. The third-order valence-electron chi connectivity index (χ3n) is 3.99. The van der Waals surface area contributed by atoms with Crippen LogP contribution in [0.1, 0.15) is 16.1 Å². The third kappa shape index (κ3) is 3.91. The molecule has 0 atom stereocenters. The molecule has 3 heterocycles. The molecule has 2 aromatic heterocycles. The molecule has 1 amide bonds. The number of alkyl halides is 5. The predicted molar refractivity (Wildman–Crippen MR) is 91.3 cm³/mol. The number of hydrogen-bond acceptors (Lipinski definition) is 7. The summed E-state index contributed by atoms with van der Waals surface area (Å²) in [6, 6.07) is 5.67. The van der Waals surface area contributed by atoms with E-state index < -0.39 is 29.6 Å². The first-order chi connectivity index (χ1) is 14.6. The van der Waals surface area contributed by atoms with Gasteiger partial charge in [-0.05, 0) is 18.2 Å². The lowest BCUT2D eigenvalue weighted by Crippen LogP contribution is -2.25. The summed E-state index contributed by atoms with van der Waals surface area (Å²) in [7, 11) is 1.30. The van der Waals surface area contributed by atoms with Crippen molar-refractivity contribution < 1.29 is 41.0 Å². The average Bonchev–Trinajstić information content (AvgIpc) is 3.27. The molecule has 0 fully saturated rings. The van der Waals surface area contributed by atoms with Crippen LogP contribution in [0.4, 0.5) is 27.6 Å². The summed E-state index contributed by atoms with van der Waals surface area (Å²) in [5, 5.41) is 13.0. The molecule has 0 unspecified atom stereocenters. The highest BCUT2D eigenvalue weighted by Gasteiger charge is 2.44. The van der Waals surface area contributed by atoms with Gasteiger partial charge in [-0.25, -0.2) is 4.68 Å². The van der Waals surface area contributed by atoms with Crippen molar-refractivity contribution in [2.24, 2.45) is 0 Å². The Morgan fingerprint density at radius 3 is 2.52 bits per heavy atom.